The van der Waals surface area contributed by atoms with Gasteiger partial charge in [-0.25, -0.2) is 4.79 Å². The summed E-state index contributed by atoms with van der Waals surface area (Å²) < 4.78 is 0.788. The number of carbonyl (C=O) groups is 1. The molecule has 0 saturated carbocycles. The number of anilines is 1. The first-order chi connectivity index (χ1) is 6.63. The molecule has 0 fully saturated rings. The molecule has 0 radical (unpaired) electrons. The molecule has 0 spiro atoms. The summed E-state index contributed by atoms with van der Waals surface area (Å²) in [5.41, 5.74) is 0.631. The van der Waals surface area contributed by atoms with Crippen LogP contribution in [0.3, 0.4) is 0 Å². The molecule has 1 atom stereocenters. The number of aliphatic carboxylic acids is 1. The number of aromatic nitrogens is 1. The number of halogens is 1. The standard InChI is InChI=1S/C9H9BrN2O2/c1-2-8(9(13)14)12-7-3-6(10)4-11-5-7/h2-5,8,12H,1H2,(H,13,14). The third kappa shape index (κ3) is 2.85. The maximum Gasteiger partial charge on any atom is 0.330 e. The van der Waals surface area contributed by atoms with Crippen molar-refractivity contribution in [1.82, 2.24) is 4.98 Å². The zero-order valence-corrected chi connectivity index (χ0v) is 8.86. The normalized spacial score (nSPS) is 11.8. The Hall–Kier alpha value is -1.36. The second-order valence-corrected chi connectivity index (χ2v) is 3.50. The van der Waals surface area contributed by atoms with Crippen LogP contribution in [0.15, 0.2) is 35.6 Å². The minimum absolute atomic E-state index is 0.631. The first-order valence-corrected chi connectivity index (χ1v) is 4.65. The maximum atomic E-state index is 10.7. The largest absolute Gasteiger partial charge is 0.479 e. The van der Waals surface area contributed by atoms with E-state index < -0.39 is 12.0 Å². The van der Waals surface area contributed by atoms with E-state index in [0.717, 1.165) is 4.47 Å². The van der Waals surface area contributed by atoms with Crippen molar-refractivity contribution in [2.24, 2.45) is 0 Å². The Morgan fingerprint density at radius 2 is 2.43 bits per heavy atom. The van der Waals surface area contributed by atoms with Crippen LogP contribution in [0.2, 0.25) is 0 Å². The van der Waals surface area contributed by atoms with Crippen LogP contribution in [0.1, 0.15) is 0 Å². The molecule has 0 bridgehead atoms. The molecule has 14 heavy (non-hydrogen) atoms. The molecule has 1 rings (SSSR count). The molecular formula is C9H9BrN2O2. The van der Waals surface area contributed by atoms with Crippen LogP contribution in [-0.4, -0.2) is 22.1 Å². The lowest BCUT2D eigenvalue weighted by Gasteiger charge is -2.10. The average Bonchev–Trinajstić information content (AvgIpc) is 2.14. The summed E-state index contributed by atoms with van der Waals surface area (Å²) in [6.07, 6.45) is 4.49. The minimum Gasteiger partial charge on any atom is -0.479 e. The van der Waals surface area contributed by atoms with E-state index in [4.69, 9.17) is 5.11 Å². The lowest BCUT2D eigenvalue weighted by Crippen LogP contribution is -2.26. The molecule has 0 aliphatic rings. The lowest BCUT2D eigenvalue weighted by molar-refractivity contribution is -0.136. The van der Waals surface area contributed by atoms with E-state index in [1.54, 1.807) is 18.5 Å². The number of nitrogens with one attached hydrogen (secondary N) is 1. The topological polar surface area (TPSA) is 62.2 Å². The quantitative estimate of drug-likeness (QED) is 0.808. The number of rotatable bonds is 4. The molecule has 0 aliphatic heterocycles. The fourth-order valence-corrected chi connectivity index (χ4v) is 1.26. The Bertz CT molecular complexity index is 354. The van der Waals surface area contributed by atoms with Crippen LogP contribution in [0.25, 0.3) is 0 Å². The van der Waals surface area contributed by atoms with Gasteiger partial charge in [-0.2, -0.15) is 0 Å². The van der Waals surface area contributed by atoms with Gasteiger partial charge < -0.3 is 10.4 Å². The van der Waals surface area contributed by atoms with Crippen molar-refractivity contribution in [2.75, 3.05) is 5.32 Å². The number of carboxylic acid groups (broad SMARTS) is 1. The summed E-state index contributed by atoms with van der Waals surface area (Å²) in [6, 6.07) is 0.943. The smallest absolute Gasteiger partial charge is 0.330 e. The summed E-state index contributed by atoms with van der Waals surface area (Å²) in [4.78, 5) is 14.5. The summed E-state index contributed by atoms with van der Waals surface area (Å²) in [7, 11) is 0. The van der Waals surface area contributed by atoms with E-state index in [1.807, 2.05) is 0 Å². The summed E-state index contributed by atoms with van der Waals surface area (Å²) in [5.74, 6) is -0.972. The zero-order chi connectivity index (χ0) is 10.6. The molecule has 2 N–H and O–H groups in total. The number of hydrogen-bond donors (Lipinski definition) is 2. The Morgan fingerprint density at radius 3 is 2.93 bits per heavy atom. The molecule has 1 aromatic rings. The third-order valence-electron chi connectivity index (χ3n) is 1.53. The van der Waals surface area contributed by atoms with Gasteiger partial charge in [0, 0.05) is 10.7 Å². The van der Waals surface area contributed by atoms with Gasteiger partial charge in [0.2, 0.25) is 0 Å². The second kappa shape index (κ2) is 4.76. The van der Waals surface area contributed by atoms with E-state index >= 15 is 0 Å². The van der Waals surface area contributed by atoms with E-state index in [2.05, 4.69) is 32.8 Å². The van der Waals surface area contributed by atoms with Crippen molar-refractivity contribution >= 4 is 27.6 Å². The van der Waals surface area contributed by atoms with Gasteiger partial charge in [-0.15, -0.1) is 6.58 Å². The van der Waals surface area contributed by atoms with Crippen molar-refractivity contribution in [3.63, 3.8) is 0 Å². The first-order valence-electron chi connectivity index (χ1n) is 3.86. The van der Waals surface area contributed by atoms with Crippen molar-refractivity contribution in [1.29, 1.82) is 0 Å². The van der Waals surface area contributed by atoms with Gasteiger partial charge in [0.25, 0.3) is 0 Å². The van der Waals surface area contributed by atoms with Gasteiger partial charge in [0.15, 0.2) is 0 Å². The lowest BCUT2D eigenvalue weighted by atomic mass is 10.3. The molecule has 1 aromatic heterocycles. The average molecular weight is 257 g/mol. The Morgan fingerprint density at radius 1 is 1.71 bits per heavy atom. The number of carboxylic acids is 1. The fraction of sp³-hybridized carbons (Fsp3) is 0.111. The molecule has 0 amide bonds. The summed E-state index contributed by atoms with van der Waals surface area (Å²) in [5, 5.41) is 11.5. The van der Waals surface area contributed by atoms with Gasteiger partial charge in [0.05, 0.1) is 11.9 Å². The Kier molecular flexibility index (Phi) is 3.64. The Balaban J connectivity index is 2.76. The first kappa shape index (κ1) is 10.7. The van der Waals surface area contributed by atoms with Crippen molar-refractivity contribution in [3.05, 3.63) is 35.6 Å². The van der Waals surface area contributed by atoms with Gasteiger partial charge >= 0.3 is 5.97 Å². The molecule has 0 aromatic carbocycles. The summed E-state index contributed by atoms with van der Waals surface area (Å²) in [6.45, 7) is 3.43. The van der Waals surface area contributed by atoms with Crippen LogP contribution < -0.4 is 5.32 Å². The summed E-state index contributed by atoms with van der Waals surface area (Å²) >= 11 is 3.24. The Labute approximate surface area is 89.8 Å². The molecule has 5 heteroatoms. The monoisotopic (exact) mass is 256 g/mol. The number of pyridine rings is 1. The third-order valence-corrected chi connectivity index (χ3v) is 1.96. The van der Waals surface area contributed by atoms with Crippen LogP contribution >= 0.6 is 15.9 Å². The van der Waals surface area contributed by atoms with Crippen molar-refractivity contribution in [2.45, 2.75) is 6.04 Å². The molecule has 0 saturated heterocycles. The molecular weight excluding hydrogens is 248 g/mol. The van der Waals surface area contributed by atoms with E-state index in [1.165, 1.54) is 6.08 Å². The van der Waals surface area contributed by atoms with Crippen LogP contribution in [0.4, 0.5) is 5.69 Å². The molecule has 74 valence electrons. The van der Waals surface area contributed by atoms with E-state index in [9.17, 15) is 4.79 Å². The molecule has 1 heterocycles. The molecule has 1 unspecified atom stereocenters. The SMILES string of the molecule is C=CC(Nc1cncc(Br)c1)C(=O)O. The second-order valence-electron chi connectivity index (χ2n) is 2.59. The molecule has 0 aliphatic carbocycles. The predicted octanol–water partition coefficient (Wildman–Crippen LogP) is 1.90. The maximum absolute atomic E-state index is 10.7. The van der Waals surface area contributed by atoms with Crippen molar-refractivity contribution < 1.29 is 9.90 Å². The van der Waals surface area contributed by atoms with Crippen LogP contribution in [0.5, 0.6) is 0 Å². The van der Waals surface area contributed by atoms with Crippen LogP contribution in [-0.2, 0) is 4.79 Å². The van der Waals surface area contributed by atoms with Crippen LogP contribution in [0, 0.1) is 0 Å². The van der Waals surface area contributed by atoms with E-state index in [-0.39, 0.29) is 0 Å². The molecule has 4 nitrogen and oxygen atoms in total. The highest BCUT2D eigenvalue weighted by atomic mass is 79.9. The number of hydrogen-bond acceptors (Lipinski definition) is 3. The van der Waals surface area contributed by atoms with E-state index in [0.29, 0.717) is 5.69 Å². The number of nitrogens with zero attached hydrogens (tertiary/aromatic N) is 1. The van der Waals surface area contributed by atoms with Crippen molar-refractivity contribution in [3.8, 4) is 0 Å². The van der Waals surface area contributed by atoms with Gasteiger partial charge in [0.1, 0.15) is 6.04 Å². The highest BCUT2D eigenvalue weighted by Crippen LogP contribution is 2.14. The predicted molar refractivity (Wildman–Crippen MR) is 57.2 cm³/mol. The van der Waals surface area contributed by atoms with Gasteiger partial charge in [-0.1, -0.05) is 6.08 Å². The van der Waals surface area contributed by atoms with Gasteiger partial charge in [-0.05, 0) is 22.0 Å². The highest BCUT2D eigenvalue weighted by Gasteiger charge is 2.12. The van der Waals surface area contributed by atoms with Gasteiger partial charge in [-0.3, -0.25) is 4.98 Å². The highest BCUT2D eigenvalue weighted by molar-refractivity contribution is 9.10. The minimum atomic E-state index is -0.972. The zero-order valence-electron chi connectivity index (χ0n) is 7.27. The fourth-order valence-electron chi connectivity index (χ4n) is 0.892.